The van der Waals surface area contributed by atoms with Gasteiger partial charge < -0.3 is 4.74 Å². The van der Waals surface area contributed by atoms with Gasteiger partial charge in [-0.25, -0.2) is 0 Å². The van der Waals surface area contributed by atoms with E-state index in [0.717, 1.165) is 0 Å². The molecule has 1 atom stereocenters. The van der Waals surface area contributed by atoms with E-state index >= 15 is 0 Å². The van der Waals surface area contributed by atoms with Gasteiger partial charge in [-0.05, 0) is 0 Å². The van der Waals surface area contributed by atoms with Crippen LogP contribution in [0.3, 0.4) is 0 Å². The number of esters is 1. The van der Waals surface area contributed by atoms with E-state index in [2.05, 4.69) is 4.74 Å². The first-order valence-corrected chi connectivity index (χ1v) is 4.16. The van der Waals surface area contributed by atoms with Gasteiger partial charge in [0, 0.05) is 6.42 Å². The molecule has 1 unspecified atom stereocenters. The Bertz CT molecular complexity index is 240. The van der Waals surface area contributed by atoms with Crippen molar-refractivity contribution in [2.24, 2.45) is 0 Å². The molecule has 5 nitrogen and oxygen atoms in total. The van der Waals surface area contributed by atoms with Gasteiger partial charge in [-0.15, -0.1) is 0 Å². The Kier molecular flexibility index (Phi) is 1.65. The zero-order valence-electron chi connectivity index (χ0n) is 4.98. The predicted octanol–water partition coefficient (Wildman–Crippen LogP) is -0.463. The second kappa shape index (κ2) is 2.21. The molecule has 1 fully saturated rings. The minimum atomic E-state index is -4.18. The lowest BCUT2D eigenvalue weighted by Crippen LogP contribution is -2.19. The lowest BCUT2D eigenvalue weighted by Gasteiger charge is -2.02. The quantitative estimate of drug-likeness (QED) is 0.421. The zero-order valence-corrected chi connectivity index (χ0v) is 5.80. The Morgan fingerprint density at radius 2 is 2.20 bits per heavy atom. The maximum Gasteiger partial charge on any atom is 0.307 e. The van der Waals surface area contributed by atoms with E-state index in [1.54, 1.807) is 0 Å². The van der Waals surface area contributed by atoms with Gasteiger partial charge in [-0.3, -0.25) is 9.35 Å². The molecular weight excluding hydrogens is 160 g/mol. The monoisotopic (exact) mass is 166 g/mol. The summed E-state index contributed by atoms with van der Waals surface area (Å²) >= 11 is 0. The van der Waals surface area contributed by atoms with Crippen LogP contribution in [0.5, 0.6) is 0 Å². The molecular formula is C4H6O5S. The highest BCUT2D eigenvalue weighted by molar-refractivity contribution is 7.86. The topological polar surface area (TPSA) is 80.7 Å². The van der Waals surface area contributed by atoms with Crippen LogP contribution in [0.2, 0.25) is 0 Å². The summed E-state index contributed by atoms with van der Waals surface area (Å²) in [6, 6.07) is 0. The lowest BCUT2D eigenvalue weighted by atomic mass is 10.4. The molecule has 6 heteroatoms. The largest absolute Gasteiger partial charge is 0.443 e. The minimum Gasteiger partial charge on any atom is -0.443 e. The second-order valence-electron chi connectivity index (χ2n) is 1.97. The third-order valence-corrected chi connectivity index (χ3v) is 2.18. The van der Waals surface area contributed by atoms with E-state index in [1.807, 2.05) is 0 Å². The maximum atomic E-state index is 10.3. The molecule has 0 radical (unpaired) electrons. The summed E-state index contributed by atoms with van der Waals surface area (Å²) in [6.07, 6.45) is 0.113. The number of carbonyl (C=O) groups is 1. The average Bonchev–Trinajstić information content (AvgIpc) is 2.11. The Morgan fingerprint density at radius 3 is 2.40 bits per heavy atom. The van der Waals surface area contributed by atoms with Crippen molar-refractivity contribution in [1.29, 1.82) is 0 Å². The Labute approximate surface area is 57.7 Å². The fourth-order valence-corrected chi connectivity index (χ4v) is 1.35. The predicted molar refractivity (Wildman–Crippen MR) is 30.7 cm³/mol. The van der Waals surface area contributed by atoms with Crippen LogP contribution in [0, 0.1) is 0 Å². The molecule has 0 aromatic rings. The zero-order chi connectivity index (χ0) is 7.78. The standard InChI is InChI=1S/C4H6O5S/c5-3-1-2-4(9-3)10(6,7)8/h4H,1-2H2,(H,6,7,8). The molecule has 0 spiro atoms. The van der Waals surface area contributed by atoms with Crippen molar-refractivity contribution in [3.63, 3.8) is 0 Å². The van der Waals surface area contributed by atoms with Crippen molar-refractivity contribution in [3.8, 4) is 0 Å². The van der Waals surface area contributed by atoms with Gasteiger partial charge in [0.2, 0.25) is 5.44 Å². The number of hydrogen-bond acceptors (Lipinski definition) is 4. The summed E-state index contributed by atoms with van der Waals surface area (Å²) in [5.74, 6) is -0.581. The summed E-state index contributed by atoms with van der Waals surface area (Å²) < 4.78 is 33.1. The van der Waals surface area contributed by atoms with Crippen molar-refractivity contribution in [1.82, 2.24) is 0 Å². The summed E-state index contributed by atoms with van der Waals surface area (Å²) in [5.41, 5.74) is -1.33. The highest BCUT2D eigenvalue weighted by atomic mass is 32.2. The molecule has 58 valence electrons. The lowest BCUT2D eigenvalue weighted by molar-refractivity contribution is -0.139. The van der Waals surface area contributed by atoms with Gasteiger partial charge in [0.1, 0.15) is 0 Å². The van der Waals surface area contributed by atoms with E-state index in [1.165, 1.54) is 0 Å². The molecule has 1 N–H and O–H groups in total. The van der Waals surface area contributed by atoms with Crippen LogP contribution >= 0.6 is 0 Å². The molecule has 0 aromatic carbocycles. The van der Waals surface area contributed by atoms with Gasteiger partial charge in [-0.1, -0.05) is 0 Å². The van der Waals surface area contributed by atoms with Crippen LogP contribution in [0.15, 0.2) is 0 Å². The van der Waals surface area contributed by atoms with Gasteiger partial charge in [0.15, 0.2) is 0 Å². The molecule has 0 bridgehead atoms. The van der Waals surface area contributed by atoms with E-state index in [0.29, 0.717) is 0 Å². The molecule has 0 aromatic heterocycles. The molecule has 1 aliphatic heterocycles. The molecule has 1 rings (SSSR count). The number of rotatable bonds is 1. The fraction of sp³-hybridized carbons (Fsp3) is 0.750. The van der Waals surface area contributed by atoms with Crippen LogP contribution < -0.4 is 0 Å². The van der Waals surface area contributed by atoms with Crippen molar-refractivity contribution in [2.45, 2.75) is 18.3 Å². The van der Waals surface area contributed by atoms with Crippen LogP contribution in [0.4, 0.5) is 0 Å². The van der Waals surface area contributed by atoms with Crippen LogP contribution in [-0.2, 0) is 19.6 Å². The number of cyclic esters (lactones) is 1. The molecule has 1 heterocycles. The van der Waals surface area contributed by atoms with Crippen LogP contribution in [-0.4, -0.2) is 24.4 Å². The molecule has 0 aliphatic carbocycles. The van der Waals surface area contributed by atoms with Crippen molar-refractivity contribution in [3.05, 3.63) is 0 Å². The summed E-state index contributed by atoms with van der Waals surface area (Å²) in [4.78, 5) is 10.3. The number of carbonyl (C=O) groups excluding carboxylic acids is 1. The number of ether oxygens (including phenoxy) is 1. The SMILES string of the molecule is O=C1CCC(S(=O)(=O)O)O1. The van der Waals surface area contributed by atoms with Gasteiger partial charge in [-0.2, -0.15) is 8.42 Å². The molecule has 10 heavy (non-hydrogen) atoms. The highest BCUT2D eigenvalue weighted by Gasteiger charge is 2.33. The van der Waals surface area contributed by atoms with Crippen molar-refractivity contribution < 1.29 is 22.5 Å². The van der Waals surface area contributed by atoms with Crippen LogP contribution in [0.1, 0.15) is 12.8 Å². The Hall–Kier alpha value is -0.620. The second-order valence-corrected chi connectivity index (χ2v) is 3.53. The third-order valence-electron chi connectivity index (χ3n) is 1.18. The molecule has 1 saturated heterocycles. The summed E-state index contributed by atoms with van der Waals surface area (Å²) in [5, 5.41) is 0. The third kappa shape index (κ3) is 1.45. The first kappa shape index (κ1) is 7.49. The molecule has 0 amide bonds. The fourth-order valence-electron chi connectivity index (χ4n) is 0.710. The summed E-state index contributed by atoms with van der Waals surface area (Å²) in [7, 11) is -4.18. The van der Waals surface area contributed by atoms with Gasteiger partial charge in [0.05, 0.1) is 6.42 Å². The smallest absolute Gasteiger partial charge is 0.307 e. The van der Waals surface area contributed by atoms with Gasteiger partial charge in [0.25, 0.3) is 0 Å². The highest BCUT2D eigenvalue weighted by Crippen LogP contribution is 2.17. The normalized spacial score (nSPS) is 26.5. The van der Waals surface area contributed by atoms with E-state index < -0.39 is 21.5 Å². The number of hydrogen-bond donors (Lipinski definition) is 1. The first-order chi connectivity index (χ1) is 4.50. The Morgan fingerprint density at radius 1 is 1.60 bits per heavy atom. The first-order valence-electron chi connectivity index (χ1n) is 2.66. The maximum absolute atomic E-state index is 10.3. The Balaban J connectivity index is 2.71. The van der Waals surface area contributed by atoms with Crippen molar-refractivity contribution >= 4 is 16.1 Å². The molecule has 1 aliphatic rings. The minimum absolute atomic E-state index is 0.0532. The van der Waals surface area contributed by atoms with Gasteiger partial charge >= 0.3 is 16.1 Å². The average molecular weight is 166 g/mol. The van der Waals surface area contributed by atoms with Crippen LogP contribution in [0.25, 0.3) is 0 Å². The van der Waals surface area contributed by atoms with Crippen molar-refractivity contribution in [2.75, 3.05) is 0 Å². The van der Waals surface area contributed by atoms with E-state index in [9.17, 15) is 13.2 Å². The van der Waals surface area contributed by atoms with E-state index in [4.69, 9.17) is 4.55 Å². The molecule has 0 saturated carbocycles. The summed E-state index contributed by atoms with van der Waals surface area (Å²) in [6.45, 7) is 0. The van der Waals surface area contributed by atoms with E-state index in [-0.39, 0.29) is 12.8 Å².